The molecule has 0 radical (unpaired) electrons. The van der Waals surface area contributed by atoms with E-state index in [2.05, 4.69) is 224 Å². The highest BCUT2D eigenvalue weighted by atomic mass is 15.0. The Labute approximate surface area is 389 Å². The number of pyridine rings is 1. The number of aromatic nitrogens is 2. The number of aliphatic imine (C=N–C) groups is 2. The number of rotatable bonds is 8. The van der Waals surface area contributed by atoms with Crippen molar-refractivity contribution in [1.82, 2.24) is 9.38 Å². The molecule has 1 aliphatic rings. The highest BCUT2D eigenvalue weighted by Gasteiger charge is 2.35. The minimum Gasteiger partial charge on any atom is -0.308 e. The maximum atomic E-state index is 5.78. The van der Waals surface area contributed by atoms with Crippen LogP contribution < -0.4 is 0 Å². The first-order chi connectivity index (χ1) is 33.2. The van der Waals surface area contributed by atoms with Crippen molar-refractivity contribution in [2.45, 2.75) is 19.4 Å². The highest BCUT2D eigenvalue weighted by molar-refractivity contribution is 6.26. The molecule has 0 spiro atoms. The van der Waals surface area contributed by atoms with E-state index in [0.717, 1.165) is 56.7 Å². The Hall–Kier alpha value is -8.47. The molecule has 1 aliphatic heterocycles. The number of nitrogens with zero attached hydrogens (tertiary/aromatic N) is 4. The molecule has 67 heavy (non-hydrogen) atoms. The first-order valence-electron chi connectivity index (χ1n) is 23.3. The van der Waals surface area contributed by atoms with Crippen molar-refractivity contribution in [2.75, 3.05) is 0 Å². The summed E-state index contributed by atoms with van der Waals surface area (Å²) in [6.07, 6.45) is 2.74. The van der Waals surface area contributed by atoms with E-state index >= 15 is 0 Å². The topological polar surface area (TPSA) is 42.0 Å². The summed E-state index contributed by atoms with van der Waals surface area (Å²) in [4.78, 5) is 16.1. The van der Waals surface area contributed by atoms with E-state index in [9.17, 15) is 0 Å². The molecule has 4 heteroatoms. The summed E-state index contributed by atoms with van der Waals surface area (Å²) < 4.78 is 2.49. The molecule has 9 aromatic carbocycles. The lowest BCUT2D eigenvalue weighted by Gasteiger charge is -2.31. The zero-order valence-corrected chi connectivity index (χ0v) is 37.0. The SMILES string of the molecule is CCC1C(c2ccc(-c3ccccc3)cc2)=NC(c2ccc(-c3ccccc3)cc2)=NC1c1ccc2c(c1-c1ccc(-c3cccc4cccnc34)cc1)c1cccc3c4ccccc4n2c31. The fourth-order valence-corrected chi connectivity index (χ4v) is 10.9. The van der Waals surface area contributed by atoms with Crippen LogP contribution in [0.15, 0.2) is 235 Å². The van der Waals surface area contributed by atoms with Gasteiger partial charge in [0.2, 0.25) is 0 Å². The summed E-state index contributed by atoms with van der Waals surface area (Å²) in [5.41, 5.74) is 18.4. The van der Waals surface area contributed by atoms with Gasteiger partial charge in [-0.2, -0.15) is 0 Å². The molecular formula is C63H44N4. The van der Waals surface area contributed by atoms with Crippen molar-refractivity contribution in [2.24, 2.45) is 15.9 Å². The highest BCUT2D eigenvalue weighted by Crippen LogP contribution is 2.48. The van der Waals surface area contributed by atoms with Crippen LogP contribution in [0, 0.1) is 5.92 Å². The third kappa shape index (κ3) is 6.40. The Morgan fingerprint density at radius 2 is 1.03 bits per heavy atom. The number of para-hydroxylation sites is 3. The maximum absolute atomic E-state index is 5.78. The van der Waals surface area contributed by atoms with Gasteiger partial charge in [0.1, 0.15) is 0 Å². The zero-order valence-electron chi connectivity index (χ0n) is 37.0. The Bertz CT molecular complexity index is 3860. The fourth-order valence-electron chi connectivity index (χ4n) is 10.9. The van der Waals surface area contributed by atoms with Gasteiger partial charge in [-0.25, -0.2) is 4.99 Å². The molecule has 2 atom stereocenters. The Morgan fingerprint density at radius 1 is 0.448 bits per heavy atom. The van der Waals surface area contributed by atoms with Crippen LogP contribution in [0.4, 0.5) is 0 Å². The van der Waals surface area contributed by atoms with Crippen molar-refractivity contribution in [1.29, 1.82) is 0 Å². The number of hydrogen-bond acceptors (Lipinski definition) is 3. The van der Waals surface area contributed by atoms with Crippen molar-refractivity contribution in [3.63, 3.8) is 0 Å². The molecule has 316 valence electrons. The molecule has 3 aromatic heterocycles. The quantitative estimate of drug-likeness (QED) is 0.150. The largest absolute Gasteiger partial charge is 0.308 e. The zero-order chi connectivity index (χ0) is 44.4. The van der Waals surface area contributed by atoms with Gasteiger partial charge in [-0.05, 0) is 74.7 Å². The van der Waals surface area contributed by atoms with Gasteiger partial charge in [0.25, 0.3) is 0 Å². The second-order valence-electron chi connectivity index (χ2n) is 17.7. The van der Waals surface area contributed by atoms with Crippen molar-refractivity contribution < 1.29 is 0 Å². The smallest absolute Gasteiger partial charge is 0.155 e. The van der Waals surface area contributed by atoms with Gasteiger partial charge >= 0.3 is 0 Å². The lowest BCUT2D eigenvalue weighted by atomic mass is 9.79. The lowest BCUT2D eigenvalue weighted by Crippen LogP contribution is -2.28. The average molecular weight is 857 g/mol. The molecule has 0 amide bonds. The van der Waals surface area contributed by atoms with Gasteiger partial charge in [-0.1, -0.05) is 207 Å². The van der Waals surface area contributed by atoms with Crippen LogP contribution in [0.2, 0.25) is 0 Å². The Kier molecular flexibility index (Phi) is 9.24. The second kappa shape index (κ2) is 15.9. The number of amidine groups is 1. The molecule has 4 nitrogen and oxygen atoms in total. The predicted molar refractivity (Wildman–Crippen MR) is 281 cm³/mol. The normalized spacial score (nSPS) is 15.2. The molecule has 2 unspecified atom stereocenters. The minimum absolute atomic E-state index is 0.00434. The molecule has 0 saturated carbocycles. The monoisotopic (exact) mass is 856 g/mol. The second-order valence-corrected chi connectivity index (χ2v) is 17.7. The minimum atomic E-state index is -0.228. The summed E-state index contributed by atoms with van der Waals surface area (Å²) >= 11 is 0. The van der Waals surface area contributed by atoms with E-state index in [0.29, 0.717) is 0 Å². The summed E-state index contributed by atoms with van der Waals surface area (Å²) in [6.45, 7) is 2.29. The molecule has 13 rings (SSSR count). The first kappa shape index (κ1) is 38.9. The molecule has 0 aliphatic carbocycles. The maximum Gasteiger partial charge on any atom is 0.155 e. The van der Waals surface area contributed by atoms with Crippen molar-refractivity contribution in [3.05, 3.63) is 241 Å². The van der Waals surface area contributed by atoms with Gasteiger partial charge in [-0.15, -0.1) is 0 Å². The number of benzene rings is 9. The first-order valence-corrected chi connectivity index (χ1v) is 23.3. The molecule has 0 N–H and O–H groups in total. The van der Waals surface area contributed by atoms with Crippen LogP contribution in [0.3, 0.4) is 0 Å². The summed E-state index contributed by atoms with van der Waals surface area (Å²) in [6, 6.07) is 78.8. The number of fused-ring (bicyclic) bond motifs is 7. The predicted octanol–water partition coefficient (Wildman–Crippen LogP) is 16.1. The molecule has 0 bridgehead atoms. The van der Waals surface area contributed by atoms with E-state index in [1.165, 1.54) is 71.5 Å². The Balaban J connectivity index is 1.04. The standard InChI is InChI=1S/C63H44N4/c1-2-49-60(47-33-25-42(26-34-47)40-14-5-3-6-15-40)65-63(48-35-27-43(28-36-48)41-16-7-4-8-17-41)66-61(49)53-37-38-56-58(54-23-12-22-52-51-20-9-10-24-55(51)67(56)62(52)54)57(53)45-31-29-44(30-32-45)50-21-11-18-46-19-13-39-64-59(46)50/h3-39,49,61H,2H2,1H3. The molecule has 0 saturated heterocycles. The van der Waals surface area contributed by atoms with E-state index < -0.39 is 0 Å². The van der Waals surface area contributed by atoms with Gasteiger partial charge in [0, 0.05) is 50.2 Å². The number of hydrogen-bond donors (Lipinski definition) is 0. The van der Waals surface area contributed by atoms with Crippen LogP contribution >= 0.6 is 0 Å². The third-order valence-corrected chi connectivity index (χ3v) is 14.1. The third-order valence-electron chi connectivity index (χ3n) is 14.1. The molecular weight excluding hydrogens is 813 g/mol. The lowest BCUT2D eigenvalue weighted by molar-refractivity contribution is 0.534. The fraction of sp³-hybridized carbons (Fsp3) is 0.0635. The molecule has 4 heterocycles. The van der Waals surface area contributed by atoms with E-state index in [4.69, 9.17) is 15.0 Å². The average Bonchev–Trinajstić information content (AvgIpc) is 3.93. The summed E-state index contributed by atoms with van der Waals surface area (Å²) in [5.74, 6) is 0.755. The van der Waals surface area contributed by atoms with Gasteiger partial charge < -0.3 is 4.40 Å². The van der Waals surface area contributed by atoms with Crippen molar-refractivity contribution >= 4 is 60.5 Å². The van der Waals surface area contributed by atoms with Gasteiger partial charge in [-0.3, -0.25) is 9.98 Å². The van der Waals surface area contributed by atoms with E-state index in [1.807, 2.05) is 12.3 Å². The van der Waals surface area contributed by atoms with Crippen LogP contribution in [0.5, 0.6) is 0 Å². The van der Waals surface area contributed by atoms with Crippen LogP contribution in [-0.4, -0.2) is 20.9 Å². The molecule has 12 aromatic rings. The van der Waals surface area contributed by atoms with Gasteiger partial charge in [0.05, 0.1) is 33.8 Å². The Morgan fingerprint density at radius 3 is 1.76 bits per heavy atom. The van der Waals surface area contributed by atoms with Crippen molar-refractivity contribution in [3.8, 4) is 44.5 Å². The van der Waals surface area contributed by atoms with Crippen LogP contribution in [0.25, 0.3) is 93.5 Å². The summed E-state index contributed by atoms with van der Waals surface area (Å²) in [5, 5.41) is 6.17. The van der Waals surface area contributed by atoms with Crippen LogP contribution in [0.1, 0.15) is 36.1 Å². The van der Waals surface area contributed by atoms with Crippen LogP contribution in [-0.2, 0) is 0 Å². The van der Waals surface area contributed by atoms with E-state index in [-0.39, 0.29) is 12.0 Å². The van der Waals surface area contributed by atoms with Gasteiger partial charge in [0.15, 0.2) is 5.84 Å². The van der Waals surface area contributed by atoms with E-state index in [1.54, 1.807) is 0 Å². The summed E-state index contributed by atoms with van der Waals surface area (Å²) in [7, 11) is 0. The molecule has 0 fully saturated rings.